The number of rotatable bonds is 4. The normalized spacial score (nSPS) is 11.7. The van der Waals surface area contributed by atoms with Crippen molar-refractivity contribution in [2.75, 3.05) is 20.3 Å². The van der Waals surface area contributed by atoms with Crippen molar-refractivity contribution in [3.05, 3.63) is 11.8 Å². The lowest BCUT2D eigenvalue weighted by Crippen LogP contribution is -1.94. The van der Waals surface area contributed by atoms with Crippen molar-refractivity contribution in [1.29, 1.82) is 0 Å². The van der Waals surface area contributed by atoms with Crippen LogP contribution in [0.15, 0.2) is 11.8 Å². The number of hydrogen-bond acceptors (Lipinski definition) is 2. The molecule has 0 heterocycles. The Kier molecular flexibility index (Phi) is 5.32. The molecule has 0 atom stereocenters. The Hall–Kier alpha value is -0.500. The Morgan fingerprint density at radius 2 is 2.22 bits per heavy atom. The predicted octanol–water partition coefficient (Wildman–Crippen LogP) is 1.57. The minimum atomic E-state index is 0.671. The lowest BCUT2D eigenvalue weighted by molar-refractivity contribution is 0.167. The average Bonchev–Trinajstić information content (AvgIpc) is 1.85. The van der Waals surface area contributed by atoms with Crippen molar-refractivity contribution < 1.29 is 9.47 Å². The second-order valence-corrected chi connectivity index (χ2v) is 1.84. The van der Waals surface area contributed by atoms with Gasteiger partial charge < -0.3 is 9.47 Å². The average molecular weight is 130 g/mol. The van der Waals surface area contributed by atoms with Crippen molar-refractivity contribution in [3.63, 3.8) is 0 Å². The van der Waals surface area contributed by atoms with Gasteiger partial charge in [-0.3, -0.25) is 0 Å². The van der Waals surface area contributed by atoms with Crippen LogP contribution in [0.4, 0.5) is 0 Å². The lowest BCUT2D eigenvalue weighted by atomic mass is 10.4. The van der Waals surface area contributed by atoms with Crippen LogP contribution in [0.3, 0.4) is 0 Å². The van der Waals surface area contributed by atoms with E-state index in [1.165, 1.54) is 0 Å². The van der Waals surface area contributed by atoms with E-state index in [1.807, 2.05) is 13.8 Å². The van der Waals surface area contributed by atoms with Gasteiger partial charge in [0.15, 0.2) is 0 Å². The summed E-state index contributed by atoms with van der Waals surface area (Å²) in [6.45, 7) is 5.37. The van der Waals surface area contributed by atoms with Gasteiger partial charge in [-0.15, -0.1) is 0 Å². The van der Waals surface area contributed by atoms with Crippen LogP contribution in [0.25, 0.3) is 0 Å². The summed E-state index contributed by atoms with van der Waals surface area (Å²) in [7, 11) is 1.63. The molecule has 0 radical (unpaired) electrons. The van der Waals surface area contributed by atoms with E-state index in [9.17, 15) is 0 Å². The predicted molar refractivity (Wildman–Crippen MR) is 37.3 cm³/mol. The molecule has 0 bridgehead atoms. The summed E-state index contributed by atoms with van der Waals surface area (Å²) in [4.78, 5) is 0. The zero-order chi connectivity index (χ0) is 7.11. The summed E-state index contributed by atoms with van der Waals surface area (Å²) in [6, 6.07) is 0. The zero-order valence-corrected chi connectivity index (χ0v) is 6.31. The minimum Gasteiger partial charge on any atom is -0.504 e. The summed E-state index contributed by atoms with van der Waals surface area (Å²) >= 11 is 0. The summed E-state index contributed by atoms with van der Waals surface area (Å²) in [5.74, 6) is 0. The van der Waals surface area contributed by atoms with Gasteiger partial charge >= 0.3 is 0 Å². The lowest BCUT2D eigenvalue weighted by Gasteiger charge is -1.99. The first-order chi connectivity index (χ1) is 4.31. The second kappa shape index (κ2) is 5.63. The first-order valence-electron chi connectivity index (χ1n) is 3.07. The van der Waals surface area contributed by atoms with Gasteiger partial charge in [0.1, 0.15) is 0 Å². The Morgan fingerprint density at radius 3 is 2.67 bits per heavy atom. The van der Waals surface area contributed by atoms with E-state index in [-0.39, 0.29) is 0 Å². The van der Waals surface area contributed by atoms with Crippen LogP contribution in [0.5, 0.6) is 0 Å². The van der Waals surface area contributed by atoms with E-state index in [2.05, 4.69) is 0 Å². The Balaban J connectivity index is 3.25. The molecule has 0 aliphatic rings. The largest absolute Gasteiger partial charge is 0.504 e. The van der Waals surface area contributed by atoms with E-state index in [1.54, 1.807) is 13.4 Å². The van der Waals surface area contributed by atoms with Crippen LogP contribution >= 0.6 is 0 Å². The maximum Gasteiger partial charge on any atom is 0.0836 e. The van der Waals surface area contributed by atoms with Gasteiger partial charge in [-0.25, -0.2) is 0 Å². The van der Waals surface area contributed by atoms with Crippen molar-refractivity contribution >= 4 is 0 Å². The van der Waals surface area contributed by atoms with E-state index < -0.39 is 0 Å². The Labute approximate surface area is 56.5 Å². The van der Waals surface area contributed by atoms with Gasteiger partial charge in [-0.05, 0) is 19.4 Å². The SMILES string of the molecule is CCOC/C(C)=C/OC. The molecule has 0 saturated heterocycles. The van der Waals surface area contributed by atoms with Crippen LogP contribution < -0.4 is 0 Å². The highest BCUT2D eigenvalue weighted by Gasteiger charge is 1.85. The molecule has 0 aromatic carbocycles. The van der Waals surface area contributed by atoms with Crippen LogP contribution in [0, 0.1) is 0 Å². The number of ether oxygens (including phenoxy) is 2. The monoisotopic (exact) mass is 130 g/mol. The summed E-state index contributed by atoms with van der Waals surface area (Å²) in [6.07, 6.45) is 1.69. The second-order valence-electron chi connectivity index (χ2n) is 1.84. The third-order valence-corrected chi connectivity index (χ3v) is 0.853. The molecular formula is C7H14O2. The molecule has 0 aliphatic carbocycles. The van der Waals surface area contributed by atoms with E-state index in [0.717, 1.165) is 12.2 Å². The molecule has 0 N–H and O–H groups in total. The molecule has 0 aliphatic heterocycles. The maximum atomic E-state index is 5.10. The zero-order valence-electron chi connectivity index (χ0n) is 6.31. The van der Waals surface area contributed by atoms with Crippen LogP contribution in [0.1, 0.15) is 13.8 Å². The van der Waals surface area contributed by atoms with Gasteiger partial charge in [-0.1, -0.05) is 0 Å². The van der Waals surface area contributed by atoms with Crippen LogP contribution in [-0.2, 0) is 9.47 Å². The van der Waals surface area contributed by atoms with Gasteiger partial charge in [0, 0.05) is 6.61 Å². The first kappa shape index (κ1) is 8.50. The highest BCUT2D eigenvalue weighted by Crippen LogP contribution is 1.92. The third kappa shape index (κ3) is 5.37. The van der Waals surface area contributed by atoms with Crippen molar-refractivity contribution in [3.8, 4) is 0 Å². The van der Waals surface area contributed by atoms with Crippen molar-refractivity contribution in [2.24, 2.45) is 0 Å². The molecule has 0 spiro atoms. The summed E-state index contributed by atoms with van der Waals surface area (Å²) < 4.78 is 9.86. The highest BCUT2D eigenvalue weighted by molar-refractivity contribution is 4.92. The fraction of sp³-hybridized carbons (Fsp3) is 0.714. The molecule has 0 amide bonds. The van der Waals surface area contributed by atoms with E-state index >= 15 is 0 Å². The molecule has 9 heavy (non-hydrogen) atoms. The minimum absolute atomic E-state index is 0.671. The molecule has 0 aromatic rings. The van der Waals surface area contributed by atoms with Crippen molar-refractivity contribution in [1.82, 2.24) is 0 Å². The van der Waals surface area contributed by atoms with Gasteiger partial charge in [-0.2, -0.15) is 0 Å². The fourth-order valence-corrected chi connectivity index (χ4v) is 0.498. The van der Waals surface area contributed by atoms with Gasteiger partial charge in [0.05, 0.1) is 20.0 Å². The molecular weight excluding hydrogens is 116 g/mol. The quantitative estimate of drug-likeness (QED) is 0.538. The van der Waals surface area contributed by atoms with Crippen LogP contribution in [0.2, 0.25) is 0 Å². The molecule has 0 fully saturated rings. The molecule has 2 heteroatoms. The third-order valence-electron chi connectivity index (χ3n) is 0.853. The van der Waals surface area contributed by atoms with Crippen LogP contribution in [-0.4, -0.2) is 20.3 Å². The maximum absolute atomic E-state index is 5.10. The van der Waals surface area contributed by atoms with E-state index in [4.69, 9.17) is 9.47 Å². The number of hydrogen-bond donors (Lipinski definition) is 0. The molecule has 2 nitrogen and oxygen atoms in total. The smallest absolute Gasteiger partial charge is 0.0836 e. The van der Waals surface area contributed by atoms with Gasteiger partial charge in [0.2, 0.25) is 0 Å². The standard InChI is InChI=1S/C7H14O2/c1-4-9-6-7(2)5-8-3/h5H,4,6H2,1-3H3/b7-5+. The summed E-state index contributed by atoms with van der Waals surface area (Å²) in [5.41, 5.74) is 1.11. The Morgan fingerprint density at radius 1 is 1.56 bits per heavy atom. The Bertz CT molecular complexity index is 86.9. The highest BCUT2D eigenvalue weighted by atomic mass is 16.5. The molecule has 54 valence electrons. The fourth-order valence-electron chi connectivity index (χ4n) is 0.498. The topological polar surface area (TPSA) is 18.5 Å². The molecule has 0 saturated carbocycles. The summed E-state index contributed by atoms with van der Waals surface area (Å²) in [5, 5.41) is 0. The number of methoxy groups -OCH3 is 1. The van der Waals surface area contributed by atoms with Gasteiger partial charge in [0.25, 0.3) is 0 Å². The first-order valence-corrected chi connectivity index (χ1v) is 3.07. The molecule has 0 rings (SSSR count). The molecule has 0 unspecified atom stereocenters. The molecule has 0 aromatic heterocycles. The van der Waals surface area contributed by atoms with Crippen molar-refractivity contribution in [2.45, 2.75) is 13.8 Å². The van der Waals surface area contributed by atoms with E-state index in [0.29, 0.717) is 6.61 Å².